The average molecular weight is 339 g/mol. The van der Waals surface area contributed by atoms with Gasteiger partial charge in [-0.1, -0.05) is 11.6 Å². The predicted molar refractivity (Wildman–Crippen MR) is 85.5 cm³/mol. The number of fused-ring (bicyclic) bond motifs is 1. The summed E-state index contributed by atoms with van der Waals surface area (Å²) in [6.07, 6.45) is 4.93. The molecule has 23 heavy (non-hydrogen) atoms. The number of nitrogens with zero attached hydrogens (tertiary/aromatic N) is 3. The Balaban J connectivity index is 1.76. The molecule has 7 nitrogen and oxygen atoms in total. The molecule has 1 fully saturated rings. The SMILES string of the molecule is COC(=O)C(CNc1ccnc2c(Cl)cnn12)C1CCOCC1. The largest absolute Gasteiger partial charge is 0.469 e. The number of esters is 1. The predicted octanol–water partition coefficient (Wildman–Crippen LogP) is 2.01. The summed E-state index contributed by atoms with van der Waals surface area (Å²) in [6, 6.07) is 1.80. The molecule has 0 saturated carbocycles. The van der Waals surface area contributed by atoms with Crippen molar-refractivity contribution in [1.82, 2.24) is 14.6 Å². The van der Waals surface area contributed by atoms with E-state index in [1.54, 1.807) is 23.0 Å². The Morgan fingerprint density at radius 1 is 1.57 bits per heavy atom. The molecule has 0 amide bonds. The minimum atomic E-state index is -0.224. The Kier molecular flexibility index (Phi) is 4.97. The molecule has 1 aliphatic heterocycles. The lowest BCUT2D eigenvalue weighted by Crippen LogP contribution is -2.35. The highest BCUT2D eigenvalue weighted by molar-refractivity contribution is 6.33. The van der Waals surface area contributed by atoms with Crippen molar-refractivity contribution in [1.29, 1.82) is 0 Å². The summed E-state index contributed by atoms with van der Waals surface area (Å²) in [5.41, 5.74) is 0.581. The average Bonchev–Trinajstić information content (AvgIpc) is 2.98. The third-order valence-electron chi connectivity index (χ3n) is 4.20. The van der Waals surface area contributed by atoms with Gasteiger partial charge < -0.3 is 14.8 Å². The van der Waals surface area contributed by atoms with Crippen LogP contribution in [0.2, 0.25) is 5.02 Å². The van der Waals surface area contributed by atoms with Gasteiger partial charge in [-0.3, -0.25) is 4.79 Å². The van der Waals surface area contributed by atoms with Crippen LogP contribution in [0.15, 0.2) is 18.5 Å². The highest BCUT2D eigenvalue weighted by atomic mass is 35.5. The molecular weight excluding hydrogens is 320 g/mol. The van der Waals surface area contributed by atoms with Gasteiger partial charge in [0.2, 0.25) is 0 Å². The van der Waals surface area contributed by atoms with Crippen molar-refractivity contribution in [3.05, 3.63) is 23.5 Å². The maximum Gasteiger partial charge on any atom is 0.310 e. The van der Waals surface area contributed by atoms with Crippen LogP contribution < -0.4 is 5.32 Å². The number of ether oxygens (including phenoxy) is 2. The second-order valence-electron chi connectivity index (χ2n) is 5.52. The van der Waals surface area contributed by atoms with Crippen LogP contribution in [0, 0.1) is 11.8 Å². The molecule has 8 heteroatoms. The van der Waals surface area contributed by atoms with Gasteiger partial charge in [-0.2, -0.15) is 9.61 Å². The molecular formula is C15H19ClN4O3. The molecule has 1 aliphatic rings. The summed E-state index contributed by atoms with van der Waals surface area (Å²) in [5, 5.41) is 7.96. The summed E-state index contributed by atoms with van der Waals surface area (Å²) in [4.78, 5) is 16.3. The molecule has 1 atom stereocenters. The number of hydrogen-bond donors (Lipinski definition) is 1. The Morgan fingerprint density at radius 2 is 2.35 bits per heavy atom. The first-order valence-corrected chi connectivity index (χ1v) is 7.96. The van der Waals surface area contributed by atoms with Crippen LogP contribution in [0.1, 0.15) is 12.8 Å². The Bertz CT molecular complexity index is 684. The summed E-state index contributed by atoms with van der Waals surface area (Å²) in [5.74, 6) is 0.566. The van der Waals surface area contributed by atoms with E-state index in [2.05, 4.69) is 15.4 Å². The maximum absolute atomic E-state index is 12.1. The number of rotatable bonds is 5. The molecule has 2 aromatic rings. The smallest absolute Gasteiger partial charge is 0.310 e. The number of methoxy groups -OCH3 is 1. The number of aromatic nitrogens is 3. The van der Waals surface area contributed by atoms with E-state index in [0.29, 0.717) is 30.4 Å². The fourth-order valence-corrected chi connectivity index (χ4v) is 3.10. The fraction of sp³-hybridized carbons (Fsp3) is 0.533. The number of anilines is 1. The third kappa shape index (κ3) is 3.40. The van der Waals surface area contributed by atoms with Crippen LogP contribution in [0.5, 0.6) is 0 Å². The van der Waals surface area contributed by atoms with Gasteiger partial charge >= 0.3 is 5.97 Å². The number of carbonyl (C=O) groups is 1. The standard InChI is InChI=1S/C15H19ClN4O3/c1-22-15(21)11(10-3-6-23-7-4-10)8-18-13-2-5-17-14-12(16)9-19-20(13)14/h2,5,9-11,18H,3-4,6-8H2,1H3. The first-order valence-electron chi connectivity index (χ1n) is 7.58. The van der Waals surface area contributed by atoms with E-state index in [1.165, 1.54) is 7.11 Å². The number of hydrogen-bond acceptors (Lipinski definition) is 6. The zero-order valence-corrected chi connectivity index (χ0v) is 13.6. The highest BCUT2D eigenvalue weighted by Gasteiger charge is 2.30. The van der Waals surface area contributed by atoms with E-state index in [4.69, 9.17) is 21.1 Å². The maximum atomic E-state index is 12.1. The lowest BCUT2D eigenvalue weighted by Gasteiger charge is -2.28. The van der Waals surface area contributed by atoms with Crippen molar-refractivity contribution in [2.75, 3.05) is 32.2 Å². The molecule has 0 aliphatic carbocycles. The van der Waals surface area contributed by atoms with E-state index in [9.17, 15) is 4.79 Å². The van der Waals surface area contributed by atoms with Crippen molar-refractivity contribution in [3.63, 3.8) is 0 Å². The molecule has 1 N–H and O–H groups in total. The van der Waals surface area contributed by atoms with Crippen molar-refractivity contribution in [3.8, 4) is 0 Å². The number of carbonyl (C=O) groups excluding carboxylic acids is 1. The van der Waals surface area contributed by atoms with E-state index in [-0.39, 0.29) is 17.8 Å². The van der Waals surface area contributed by atoms with E-state index in [0.717, 1.165) is 18.7 Å². The zero-order chi connectivity index (χ0) is 16.2. The topological polar surface area (TPSA) is 77.8 Å². The molecule has 1 unspecified atom stereocenters. The molecule has 0 spiro atoms. The van der Waals surface area contributed by atoms with Gasteiger partial charge in [0.15, 0.2) is 5.65 Å². The summed E-state index contributed by atoms with van der Waals surface area (Å²) in [6.45, 7) is 1.84. The molecule has 0 radical (unpaired) electrons. The van der Waals surface area contributed by atoms with Crippen LogP contribution in [-0.2, 0) is 14.3 Å². The molecule has 3 heterocycles. The van der Waals surface area contributed by atoms with Gasteiger partial charge in [-0.05, 0) is 24.8 Å². The van der Waals surface area contributed by atoms with Gasteiger partial charge in [-0.25, -0.2) is 4.98 Å². The lowest BCUT2D eigenvalue weighted by molar-refractivity contribution is -0.148. The lowest BCUT2D eigenvalue weighted by atomic mass is 9.86. The van der Waals surface area contributed by atoms with Crippen LogP contribution >= 0.6 is 11.6 Å². The number of halogens is 1. The second kappa shape index (κ2) is 7.14. The molecule has 0 bridgehead atoms. The summed E-state index contributed by atoms with van der Waals surface area (Å²) >= 11 is 6.04. The van der Waals surface area contributed by atoms with E-state index >= 15 is 0 Å². The van der Waals surface area contributed by atoms with E-state index < -0.39 is 0 Å². The highest BCUT2D eigenvalue weighted by Crippen LogP contribution is 2.26. The minimum Gasteiger partial charge on any atom is -0.469 e. The molecule has 1 saturated heterocycles. The van der Waals surface area contributed by atoms with Crippen molar-refractivity contribution in [2.24, 2.45) is 11.8 Å². The third-order valence-corrected chi connectivity index (χ3v) is 4.47. The summed E-state index contributed by atoms with van der Waals surface area (Å²) < 4.78 is 12.0. The Hall–Kier alpha value is -1.86. The fourth-order valence-electron chi connectivity index (χ4n) is 2.92. The van der Waals surface area contributed by atoms with Crippen molar-refractivity contribution in [2.45, 2.75) is 12.8 Å². The van der Waals surface area contributed by atoms with Gasteiger partial charge in [0.05, 0.1) is 19.2 Å². The van der Waals surface area contributed by atoms with Crippen molar-refractivity contribution >= 4 is 29.0 Å². The Morgan fingerprint density at radius 3 is 3.09 bits per heavy atom. The normalized spacial score (nSPS) is 17.1. The molecule has 124 valence electrons. The van der Waals surface area contributed by atoms with Gasteiger partial charge in [0.1, 0.15) is 10.8 Å². The Labute approximate surface area is 138 Å². The van der Waals surface area contributed by atoms with Crippen LogP contribution in [0.3, 0.4) is 0 Å². The quantitative estimate of drug-likeness (QED) is 0.840. The van der Waals surface area contributed by atoms with E-state index in [1.807, 2.05) is 0 Å². The molecule has 2 aromatic heterocycles. The second-order valence-corrected chi connectivity index (χ2v) is 5.93. The zero-order valence-electron chi connectivity index (χ0n) is 12.9. The molecule has 0 aromatic carbocycles. The minimum absolute atomic E-state index is 0.201. The van der Waals surface area contributed by atoms with Gasteiger partial charge in [0, 0.05) is 26.0 Å². The van der Waals surface area contributed by atoms with Crippen LogP contribution in [0.4, 0.5) is 5.82 Å². The van der Waals surface area contributed by atoms with Gasteiger partial charge in [0.25, 0.3) is 0 Å². The molecule has 3 rings (SSSR count). The first-order chi connectivity index (χ1) is 11.2. The summed E-state index contributed by atoms with van der Waals surface area (Å²) in [7, 11) is 1.42. The number of nitrogens with one attached hydrogen (secondary N) is 1. The van der Waals surface area contributed by atoms with Crippen LogP contribution in [0.25, 0.3) is 5.65 Å². The van der Waals surface area contributed by atoms with Crippen LogP contribution in [-0.4, -0.2) is 47.4 Å². The monoisotopic (exact) mass is 338 g/mol. The van der Waals surface area contributed by atoms with Crippen molar-refractivity contribution < 1.29 is 14.3 Å². The first kappa shape index (κ1) is 16.0. The van der Waals surface area contributed by atoms with Gasteiger partial charge in [-0.15, -0.1) is 0 Å².